The smallest absolute Gasteiger partial charge is 0.256 e. The number of hydrogen-bond donors (Lipinski definition) is 1. The predicted octanol–water partition coefficient (Wildman–Crippen LogP) is 2.30. The Morgan fingerprint density at radius 3 is 2.90 bits per heavy atom. The van der Waals surface area contributed by atoms with E-state index < -0.39 is 5.82 Å². The highest BCUT2D eigenvalue weighted by molar-refractivity contribution is 5.94. The van der Waals surface area contributed by atoms with Crippen LogP contribution in [0.25, 0.3) is 0 Å². The summed E-state index contributed by atoms with van der Waals surface area (Å²) < 4.78 is 19.0. The topological polar surface area (TPSA) is 41.6 Å². The lowest BCUT2D eigenvalue weighted by atomic mass is 9.98. The maximum Gasteiger partial charge on any atom is 0.256 e. The molecule has 0 saturated carbocycles. The third kappa shape index (κ3) is 3.94. The fourth-order valence-corrected chi connectivity index (χ4v) is 2.71. The summed E-state index contributed by atoms with van der Waals surface area (Å²) in [5.74, 6) is 0.0929. The Hall–Kier alpha value is -1.62. The zero-order valence-electron chi connectivity index (χ0n) is 12.7. The molecule has 1 unspecified atom stereocenters. The minimum Gasteiger partial charge on any atom is -0.497 e. The van der Waals surface area contributed by atoms with Crippen molar-refractivity contribution in [3.63, 3.8) is 0 Å². The van der Waals surface area contributed by atoms with E-state index in [2.05, 4.69) is 5.32 Å². The Morgan fingerprint density at radius 2 is 2.33 bits per heavy atom. The van der Waals surface area contributed by atoms with E-state index in [1.807, 2.05) is 6.92 Å². The number of nitrogens with zero attached hydrogens (tertiary/aromatic N) is 1. The van der Waals surface area contributed by atoms with Crippen LogP contribution < -0.4 is 10.1 Å². The van der Waals surface area contributed by atoms with E-state index in [4.69, 9.17) is 4.74 Å². The molecule has 5 heteroatoms. The van der Waals surface area contributed by atoms with Crippen molar-refractivity contribution in [2.75, 3.05) is 33.3 Å². The van der Waals surface area contributed by atoms with E-state index in [0.29, 0.717) is 24.8 Å². The highest BCUT2D eigenvalue weighted by atomic mass is 19.1. The van der Waals surface area contributed by atoms with Crippen LogP contribution in [0.3, 0.4) is 0 Å². The number of methoxy groups -OCH3 is 1. The van der Waals surface area contributed by atoms with E-state index >= 15 is 0 Å². The molecule has 1 aromatic rings. The van der Waals surface area contributed by atoms with Gasteiger partial charge in [-0.3, -0.25) is 4.79 Å². The second kappa shape index (κ2) is 7.41. The molecule has 1 N–H and O–H groups in total. The van der Waals surface area contributed by atoms with Gasteiger partial charge in [0.1, 0.15) is 11.6 Å². The Balaban J connectivity index is 2.08. The van der Waals surface area contributed by atoms with Gasteiger partial charge in [-0.05, 0) is 50.9 Å². The van der Waals surface area contributed by atoms with Crippen molar-refractivity contribution in [2.24, 2.45) is 5.92 Å². The van der Waals surface area contributed by atoms with Gasteiger partial charge in [-0.25, -0.2) is 4.39 Å². The van der Waals surface area contributed by atoms with Crippen LogP contribution in [0.1, 0.15) is 30.1 Å². The third-order valence-corrected chi connectivity index (χ3v) is 3.95. The van der Waals surface area contributed by atoms with E-state index in [-0.39, 0.29) is 11.5 Å². The second-order valence-corrected chi connectivity index (χ2v) is 5.40. The van der Waals surface area contributed by atoms with Crippen molar-refractivity contribution in [1.82, 2.24) is 10.2 Å². The van der Waals surface area contributed by atoms with Gasteiger partial charge in [-0.15, -0.1) is 0 Å². The van der Waals surface area contributed by atoms with Crippen molar-refractivity contribution in [3.8, 4) is 5.75 Å². The molecule has 1 aromatic carbocycles. The fraction of sp³-hybridized carbons (Fsp3) is 0.562. The van der Waals surface area contributed by atoms with Crippen LogP contribution >= 0.6 is 0 Å². The Kier molecular flexibility index (Phi) is 5.56. The molecule has 1 saturated heterocycles. The van der Waals surface area contributed by atoms with E-state index in [9.17, 15) is 9.18 Å². The van der Waals surface area contributed by atoms with Crippen LogP contribution in [0, 0.1) is 11.7 Å². The lowest BCUT2D eigenvalue weighted by Gasteiger charge is -2.29. The van der Waals surface area contributed by atoms with Gasteiger partial charge in [-0.1, -0.05) is 0 Å². The molecule has 1 fully saturated rings. The maximum absolute atomic E-state index is 14.0. The molecule has 1 aliphatic heterocycles. The first-order valence-electron chi connectivity index (χ1n) is 7.49. The molecule has 2 rings (SSSR count). The number of carbonyl (C=O) groups excluding carboxylic acids is 1. The summed E-state index contributed by atoms with van der Waals surface area (Å²) in [4.78, 5) is 14.2. The van der Waals surface area contributed by atoms with Crippen LogP contribution in [-0.2, 0) is 0 Å². The molecule has 0 radical (unpaired) electrons. The van der Waals surface area contributed by atoms with Gasteiger partial charge in [-0.2, -0.15) is 0 Å². The SMILES string of the molecule is CCN(CC1CCCNC1)C(=O)c1ccc(OC)cc1F. The average Bonchev–Trinajstić information content (AvgIpc) is 2.52. The Morgan fingerprint density at radius 1 is 1.52 bits per heavy atom. The van der Waals surface area contributed by atoms with Gasteiger partial charge in [0, 0.05) is 19.2 Å². The van der Waals surface area contributed by atoms with Crippen molar-refractivity contribution >= 4 is 5.91 Å². The van der Waals surface area contributed by atoms with Crippen LogP contribution in [0.4, 0.5) is 4.39 Å². The summed E-state index contributed by atoms with van der Waals surface area (Å²) in [7, 11) is 1.48. The fourth-order valence-electron chi connectivity index (χ4n) is 2.71. The molecular formula is C16H23FN2O2. The van der Waals surface area contributed by atoms with Crippen LogP contribution in [0.5, 0.6) is 5.75 Å². The molecule has 1 atom stereocenters. The van der Waals surface area contributed by atoms with Gasteiger partial charge in [0.2, 0.25) is 0 Å². The predicted molar refractivity (Wildman–Crippen MR) is 80.1 cm³/mol. The molecule has 0 aliphatic carbocycles. The molecule has 0 aromatic heterocycles. The van der Waals surface area contributed by atoms with Crippen molar-refractivity contribution in [1.29, 1.82) is 0 Å². The molecule has 1 amide bonds. The summed E-state index contributed by atoms with van der Waals surface area (Å²) in [6.07, 6.45) is 2.25. The monoisotopic (exact) mass is 294 g/mol. The highest BCUT2D eigenvalue weighted by Gasteiger charge is 2.22. The normalized spacial score (nSPS) is 18.3. The first-order chi connectivity index (χ1) is 10.2. The number of rotatable bonds is 5. The van der Waals surface area contributed by atoms with Gasteiger partial charge in [0.05, 0.1) is 12.7 Å². The molecule has 1 heterocycles. The van der Waals surface area contributed by atoms with Crippen molar-refractivity contribution in [3.05, 3.63) is 29.6 Å². The molecule has 1 aliphatic rings. The summed E-state index contributed by atoms with van der Waals surface area (Å²) >= 11 is 0. The Bertz CT molecular complexity index is 487. The first kappa shape index (κ1) is 15.8. The molecule has 0 spiro atoms. The number of amides is 1. The van der Waals surface area contributed by atoms with Crippen molar-refractivity contribution in [2.45, 2.75) is 19.8 Å². The average molecular weight is 294 g/mol. The molecule has 4 nitrogen and oxygen atoms in total. The number of ether oxygens (including phenoxy) is 1. The largest absolute Gasteiger partial charge is 0.497 e. The lowest BCUT2D eigenvalue weighted by Crippen LogP contribution is -2.41. The first-order valence-corrected chi connectivity index (χ1v) is 7.49. The lowest BCUT2D eigenvalue weighted by molar-refractivity contribution is 0.0724. The van der Waals surface area contributed by atoms with Crippen LogP contribution in [0.2, 0.25) is 0 Å². The van der Waals surface area contributed by atoms with Gasteiger partial charge >= 0.3 is 0 Å². The van der Waals surface area contributed by atoms with Crippen molar-refractivity contribution < 1.29 is 13.9 Å². The summed E-state index contributed by atoms with van der Waals surface area (Å²) in [5, 5.41) is 3.34. The summed E-state index contributed by atoms with van der Waals surface area (Å²) in [6, 6.07) is 4.37. The number of nitrogens with one attached hydrogen (secondary N) is 1. The second-order valence-electron chi connectivity index (χ2n) is 5.40. The molecule has 21 heavy (non-hydrogen) atoms. The maximum atomic E-state index is 14.0. The minimum absolute atomic E-state index is 0.112. The van der Waals surface area contributed by atoms with Crippen LogP contribution in [-0.4, -0.2) is 44.1 Å². The molecule has 116 valence electrons. The number of hydrogen-bond acceptors (Lipinski definition) is 3. The molecular weight excluding hydrogens is 271 g/mol. The number of carbonyl (C=O) groups is 1. The quantitative estimate of drug-likeness (QED) is 0.906. The van der Waals surface area contributed by atoms with E-state index in [1.54, 1.807) is 11.0 Å². The van der Waals surface area contributed by atoms with E-state index in [0.717, 1.165) is 25.9 Å². The van der Waals surface area contributed by atoms with E-state index in [1.165, 1.54) is 19.2 Å². The standard InChI is InChI=1S/C16H23FN2O2/c1-3-19(11-12-5-4-8-18-10-12)16(20)14-7-6-13(21-2)9-15(14)17/h6-7,9,12,18H,3-5,8,10-11H2,1-2H3. The Labute approximate surface area is 125 Å². The number of benzene rings is 1. The summed E-state index contributed by atoms with van der Waals surface area (Å²) in [5.41, 5.74) is 0.112. The third-order valence-electron chi connectivity index (χ3n) is 3.95. The van der Waals surface area contributed by atoms with Gasteiger partial charge < -0.3 is 15.0 Å². The number of piperidine rings is 1. The van der Waals surface area contributed by atoms with Gasteiger partial charge in [0.15, 0.2) is 0 Å². The highest BCUT2D eigenvalue weighted by Crippen LogP contribution is 2.19. The summed E-state index contributed by atoms with van der Waals surface area (Å²) in [6.45, 7) is 5.16. The minimum atomic E-state index is -0.528. The van der Waals surface area contributed by atoms with Crippen LogP contribution in [0.15, 0.2) is 18.2 Å². The zero-order valence-corrected chi connectivity index (χ0v) is 12.7. The van der Waals surface area contributed by atoms with Gasteiger partial charge in [0.25, 0.3) is 5.91 Å². The molecule has 0 bridgehead atoms. The zero-order chi connectivity index (χ0) is 15.2. The number of halogens is 1.